The second-order valence-corrected chi connectivity index (χ2v) is 9.95. The van der Waals surface area contributed by atoms with Gasteiger partial charge in [0.1, 0.15) is 6.10 Å². The largest absolute Gasteiger partial charge is 0.462 e. The third-order valence-electron chi connectivity index (χ3n) is 7.77. The number of aliphatic hydroxyl groups excluding tert-OH is 1. The summed E-state index contributed by atoms with van der Waals surface area (Å²) in [5, 5.41) is 21.9. The number of rotatable bonds is 4. The van der Waals surface area contributed by atoms with Gasteiger partial charge in [0.15, 0.2) is 0 Å². The maximum Gasteiger partial charge on any atom is 0.333 e. The fourth-order valence-electron chi connectivity index (χ4n) is 6.56. The molecular formula is C22H34O6. The minimum absolute atomic E-state index is 0.0409. The van der Waals surface area contributed by atoms with Gasteiger partial charge in [0.2, 0.25) is 6.29 Å². The number of aliphatic hydroxyl groups is 2. The zero-order valence-corrected chi connectivity index (χ0v) is 17.7. The molecule has 0 saturated heterocycles. The van der Waals surface area contributed by atoms with Crippen LogP contribution in [-0.4, -0.2) is 40.1 Å². The van der Waals surface area contributed by atoms with E-state index in [0.717, 1.165) is 19.3 Å². The van der Waals surface area contributed by atoms with Gasteiger partial charge in [0, 0.05) is 29.9 Å². The molecule has 0 amide bonds. The lowest BCUT2D eigenvalue weighted by molar-refractivity contribution is -0.249. The Hall–Kier alpha value is -1.40. The van der Waals surface area contributed by atoms with Crippen molar-refractivity contribution in [2.24, 2.45) is 22.7 Å². The van der Waals surface area contributed by atoms with Gasteiger partial charge in [0.25, 0.3) is 0 Å². The number of carbonyl (C=O) groups excluding carboxylic acids is 2. The molecule has 2 N–H and O–H groups in total. The normalized spacial score (nSPS) is 42.4. The van der Waals surface area contributed by atoms with E-state index >= 15 is 0 Å². The minimum Gasteiger partial charge on any atom is -0.462 e. The van der Waals surface area contributed by atoms with Gasteiger partial charge >= 0.3 is 11.9 Å². The third kappa shape index (κ3) is 3.39. The zero-order valence-electron chi connectivity index (χ0n) is 17.7. The molecule has 3 rings (SSSR count). The molecule has 2 fully saturated rings. The van der Waals surface area contributed by atoms with Crippen LogP contribution < -0.4 is 0 Å². The van der Waals surface area contributed by atoms with Crippen LogP contribution in [0.5, 0.6) is 0 Å². The van der Waals surface area contributed by atoms with Crippen molar-refractivity contribution in [3.8, 4) is 0 Å². The molecule has 0 radical (unpaired) electrons. The van der Waals surface area contributed by atoms with E-state index < -0.39 is 23.3 Å². The van der Waals surface area contributed by atoms with Gasteiger partial charge in [-0.05, 0) is 43.4 Å². The molecule has 0 spiro atoms. The Morgan fingerprint density at radius 1 is 1.32 bits per heavy atom. The molecule has 2 saturated carbocycles. The molecule has 1 heterocycles. The average molecular weight is 395 g/mol. The second kappa shape index (κ2) is 7.13. The summed E-state index contributed by atoms with van der Waals surface area (Å²) in [7, 11) is 0. The van der Waals surface area contributed by atoms with Crippen LogP contribution in [-0.2, 0) is 19.1 Å². The number of esters is 2. The first-order valence-corrected chi connectivity index (χ1v) is 10.4. The molecule has 1 aliphatic heterocycles. The molecule has 0 bridgehead atoms. The highest BCUT2D eigenvalue weighted by Gasteiger charge is 2.64. The number of fused-ring (bicyclic) bond motifs is 1. The van der Waals surface area contributed by atoms with Gasteiger partial charge in [-0.25, -0.2) is 4.79 Å². The first-order valence-electron chi connectivity index (χ1n) is 10.4. The number of carbonyl (C=O) groups is 2. The van der Waals surface area contributed by atoms with E-state index in [1.807, 2.05) is 6.92 Å². The van der Waals surface area contributed by atoms with Gasteiger partial charge in [-0.2, -0.15) is 0 Å². The summed E-state index contributed by atoms with van der Waals surface area (Å²) in [5.41, 5.74) is -0.963. The van der Waals surface area contributed by atoms with Crippen LogP contribution in [0.25, 0.3) is 0 Å². The fourth-order valence-corrected chi connectivity index (χ4v) is 6.56. The van der Waals surface area contributed by atoms with Crippen molar-refractivity contribution < 1.29 is 29.3 Å². The monoisotopic (exact) mass is 394 g/mol. The van der Waals surface area contributed by atoms with E-state index in [-0.39, 0.29) is 29.3 Å². The van der Waals surface area contributed by atoms with E-state index in [1.165, 1.54) is 13.0 Å². The lowest BCUT2D eigenvalue weighted by Gasteiger charge is -2.64. The van der Waals surface area contributed by atoms with E-state index in [4.69, 9.17) is 9.47 Å². The van der Waals surface area contributed by atoms with Crippen LogP contribution >= 0.6 is 0 Å². The van der Waals surface area contributed by atoms with Crippen LogP contribution in [0.15, 0.2) is 11.6 Å². The summed E-state index contributed by atoms with van der Waals surface area (Å²) in [6.07, 6.45) is 4.24. The van der Waals surface area contributed by atoms with Crippen molar-refractivity contribution >= 4 is 11.9 Å². The van der Waals surface area contributed by atoms with Crippen molar-refractivity contribution in [2.75, 3.05) is 0 Å². The summed E-state index contributed by atoms with van der Waals surface area (Å²) in [5.74, 6) is -0.854. The molecule has 6 heteroatoms. The number of cyclic esters (lactones) is 1. The predicted molar refractivity (Wildman–Crippen MR) is 103 cm³/mol. The second-order valence-electron chi connectivity index (χ2n) is 9.95. The predicted octanol–water partition coefficient (Wildman–Crippen LogP) is 3.10. The Morgan fingerprint density at radius 2 is 2.00 bits per heavy atom. The van der Waals surface area contributed by atoms with Crippen molar-refractivity contribution in [2.45, 2.75) is 91.1 Å². The highest BCUT2D eigenvalue weighted by Crippen LogP contribution is 2.64. The van der Waals surface area contributed by atoms with Gasteiger partial charge in [-0.1, -0.05) is 34.1 Å². The Labute approximate surface area is 167 Å². The van der Waals surface area contributed by atoms with Crippen LogP contribution in [0, 0.1) is 22.7 Å². The Morgan fingerprint density at radius 3 is 2.57 bits per heavy atom. The lowest BCUT2D eigenvalue weighted by Crippen LogP contribution is -2.66. The maximum atomic E-state index is 12.0. The standard InChI is InChI=1S/C22H34O6/c1-13-11-16(27-14(2)23)18-20(3,4)8-6-9-21(18,5)22(13,26)10-7-15-12-17(24)28-19(15)25/h12-13,16,18-19,25-26H,6-11H2,1-5H3/t13-,16-,18+,19+,21+,22-/m0/s1. The SMILES string of the molecule is CC(=O)O[C@H]1C[C@H](C)[C@@](O)(CCC2=CC(=O)O[C@H]2O)[C@]2(C)CCCC(C)(C)[C@@H]12. The highest BCUT2D eigenvalue weighted by atomic mass is 16.6. The summed E-state index contributed by atoms with van der Waals surface area (Å²) in [6, 6.07) is 0. The Kier molecular flexibility index (Phi) is 5.43. The van der Waals surface area contributed by atoms with Gasteiger partial charge in [0.05, 0.1) is 5.60 Å². The minimum atomic E-state index is -1.21. The summed E-state index contributed by atoms with van der Waals surface area (Å²) in [4.78, 5) is 23.2. The van der Waals surface area contributed by atoms with Crippen molar-refractivity contribution in [1.82, 2.24) is 0 Å². The Bertz CT molecular complexity index is 683. The first-order chi connectivity index (χ1) is 12.9. The summed E-state index contributed by atoms with van der Waals surface area (Å²) in [6.45, 7) is 10.0. The summed E-state index contributed by atoms with van der Waals surface area (Å²) < 4.78 is 10.6. The molecule has 6 nitrogen and oxygen atoms in total. The Balaban J connectivity index is 1.93. The van der Waals surface area contributed by atoms with Crippen molar-refractivity contribution in [3.63, 3.8) is 0 Å². The van der Waals surface area contributed by atoms with Gasteiger partial charge in [-0.3, -0.25) is 4.79 Å². The topological polar surface area (TPSA) is 93.1 Å². The van der Waals surface area contributed by atoms with E-state index in [2.05, 4.69) is 20.8 Å². The quantitative estimate of drug-likeness (QED) is 0.712. The van der Waals surface area contributed by atoms with E-state index in [1.54, 1.807) is 0 Å². The number of hydrogen-bond donors (Lipinski definition) is 2. The molecule has 28 heavy (non-hydrogen) atoms. The van der Waals surface area contributed by atoms with E-state index in [0.29, 0.717) is 24.8 Å². The van der Waals surface area contributed by atoms with Gasteiger partial charge < -0.3 is 19.7 Å². The van der Waals surface area contributed by atoms with Crippen LogP contribution in [0.3, 0.4) is 0 Å². The van der Waals surface area contributed by atoms with Crippen molar-refractivity contribution in [3.05, 3.63) is 11.6 Å². The summed E-state index contributed by atoms with van der Waals surface area (Å²) >= 11 is 0. The maximum absolute atomic E-state index is 12.0. The zero-order chi connectivity index (χ0) is 20.9. The molecule has 0 aromatic carbocycles. The van der Waals surface area contributed by atoms with Crippen LogP contribution in [0.4, 0.5) is 0 Å². The first kappa shape index (κ1) is 21.3. The van der Waals surface area contributed by atoms with Gasteiger partial charge in [-0.15, -0.1) is 0 Å². The number of ether oxygens (including phenoxy) is 2. The molecular weight excluding hydrogens is 360 g/mol. The van der Waals surface area contributed by atoms with E-state index in [9.17, 15) is 19.8 Å². The van der Waals surface area contributed by atoms with Crippen molar-refractivity contribution in [1.29, 1.82) is 0 Å². The third-order valence-corrected chi connectivity index (χ3v) is 7.77. The molecule has 6 atom stereocenters. The molecule has 0 aromatic rings. The van der Waals surface area contributed by atoms with Crippen LogP contribution in [0.1, 0.15) is 73.1 Å². The average Bonchev–Trinajstić information content (AvgIpc) is 2.87. The lowest BCUT2D eigenvalue weighted by atomic mass is 9.43. The number of hydrogen-bond acceptors (Lipinski definition) is 6. The molecule has 3 aliphatic rings. The molecule has 0 aromatic heterocycles. The smallest absolute Gasteiger partial charge is 0.333 e. The van der Waals surface area contributed by atoms with Crippen LogP contribution in [0.2, 0.25) is 0 Å². The molecule has 2 aliphatic carbocycles. The fraction of sp³-hybridized carbons (Fsp3) is 0.818. The highest BCUT2D eigenvalue weighted by molar-refractivity contribution is 5.85. The molecule has 0 unspecified atom stereocenters. The molecule has 158 valence electrons.